The Morgan fingerprint density at radius 1 is 1.21 bits per heavy atom. The summed E-state index contributed by atoms with van der Waals surface area (Å²) in [6.07, 6.45) is 9.64. The van der Waals surface area contributed by atoms with Crippen molar-refractivity contribution >= 4 is 8.32 Å². The summed E-state index contributed by atoms with van der Waals surface area (Å²) < 4.78 is 6.09. The van der Waals surface area contributed by atoms with Crippen LogP contribution in [0.15, 0.2) is 12.2 Å². The highest BCUT2D eigenvalue weighted by Crippen LogP contribution is 2.14. The minimum Gasteiger partial charge on any atom is -0.411 e. The van der Waals surface area contributed by atoms with Crippen molar-refractivity contribution in [1.82, 2.24) is 0 Å². The van der Waals surface area contributed by atoms with Crippen molar-refractivity contribution in [3.8, 4) is 0 Å². The summed E-state index contributed by atoms with van der Waals surface area (Å²) in [6, 6.07) is 0. The number of rotatable bonds is 7. The van der Waals surface area contributed by atoms with Gasteiger partial charge >= 0.3 is 0 Å². The van der Waals surface area contributed by atoms with Gasteiger partial charge in [0.1, 0.15) is 0 Å². The molecule has 0 amide bonds. The topological polar surface area (TPSA) is 9.23 Å². The minimum atomic E-state index is -1.37. The highest BCUT2D eigenvalue weighted by Gasteiger charge is 2.18. The van der Waals surface area contributed by atoms with Crippen molar-refractivity contribution in [2.24, 2.45) is 0 Å². The van der Waals surface area contributed by atoms with Crippen LogP contribution in [0.1, 0.15) is 39.5 Å². The zero-order chi connectivity index (χ0) is 11.0. The molecule has 0 aromatic heterocycles. The molecule has 0 heterocycles. The maximum Gasteiger partial charge on any atom is 0.184 e. The average molecular weight is 214 g/mol. The summed E-state index contributed by atoms with van der Waals surface area (Å²) >= 11 is 0. The van der Waals surface area contributed by atoms with Crippen LogP contribution in [0.5, 0.6) is 0 Å². The molecule has 0 fully saturated rings. The molecule has 0 N–H and O–H groups in total. The quantitative estimate of drug-likeness (QED) is 0.452. The predicted octanol–water partition coefficient (Wildman–Crippen LogP) is 4.36. The number of hydrogen-bond donors (Lipinski definition) is 0. The van der Waals surface area contributed by atoms with Crippen LogP contribution in [0, 0.1) is 0 Å². The van der Waals surface area contributed by atoms with E-state index in [2.05, 4.69) is 45.6 Å². The largest absolute Gasteiger partial charge is 0.411 e. The fourth-order valence-corrected chi connectivity index (χ4v) is 2.45. The molecule has 0 aliphatic rings. The molecule has 0 aliphatic heterocycles. The highest BCUT2D eigenvalue weighted by atomic mass is 28.4. The zero-order valence-electron chi connectivity index (χ0n) is 10.5. The van der Waals surface area contributed by atoms with E-state index in [0.717, 1.165) is 6.42 Å². The molecule has 1 unspecified atom stereocenters. The normalized spacial score (nSPS) is 14.9. The first-order valence-electron chi connectivity index (χ1n) is 5.84. The van der Waals surface area contributed by atoms with Crippen LogP contribution in [0.2, 0.25) is 19.6 Å². The molecular weight excluding hydrogens is 188 g/mol. The lowest BCUT2D eigenvalue weighted by atomic mass is 10.1. The summed E-state index contributed by atoms with van der Waals surface area (Å²) in [7, 11) is -1.37. The van der Waals surface area contributed by atoms with E-state index in [1.807, 2.05) is 0 Å². The molecule has 84 valence electrons. The Labute approximate surface area is 90.7 Å². The van der Waals surface area contributed by atoms with Crippen molar-refractivity contribution < 1.29 is 4.43 Å². The maximum absolute atomic E-state index is 6.09. The third-order valence-corrected chi connectivity index (χ3v) is 2.94. The molecule has 14 heavy (non-hydrogen) atoms. The summed E-state index contributed by atoms with van der Waals surface area (Å²) in [5.74, 6) is 0. The van der Waals surface area contributed by atoms with Gasteiger partial charge in [-0.2, -0.15) is 0 Å². The molecule has 0 rings (SSSR count). The van der Waals surface area contributed by atoms with Crippen LogP contribution in [0.3, 0.4) is 0 Å². The van der Waals surface area contributed by atoms with Crippen LogP contribution >= 0.6 is 0 Å². The molecule has 2 heteroatoms. The van der Waals surface area contributed by atoms with Crippen molar-refractivity contribution in [3.63, 3.8) is 0 Å². The lowest BCUT2D eigenvalue weighted by Gasteiger charge is -2.24. The molecule has 0 saturated heterocycles. The maximum atomic E-state index is 6.09. The van der Waals surface area contributed by atoms with Gasteiger partial charge in [-0.1, -0.05) is 38.8 Å². The van der Waals surface area contributed by atoms with Crippen molar-refractivity contribution in [3.05, 3.63) is 12.2 Å². The lowest BCUT2D eigenvalue weighted by molar-refractivity contribution is 0.227. The highest BCUT2D eigenvalue weighted by molar-refractivity contribution is 6.69. The van der Waals surface area contributed by atoms with Gasteiger partial charge in [0, 0.05) is 0 Å². The van der Waals surface area contributed by atoms with Gasteiger partial charge in [0.15, 0.2) is 8.32 Å². The molecule has 0 aromatic rings. The first kappa shape index (κ1) is 13.9. The van der Waals surface area contributed by atoms with Crippen LogP contribution in [0.25, 0.3) is 0 Å². The van der Waals surface area contributed by atoms with Gasteiger partial charge in [-0.25, -0.2) is 0 Å². The first-order valence-corrected chi connectivity index (χ1v) is 9.25. The second-order valence-electron chi connectivity index (χ2n) is 4.75. The average Bonchev–Trinajstić information content (AvgIpc) is 2.07. The molecule has 0 aromatic carbocycles. The van der Waals surface area contributed by atoms with E-state index in [1.54, 1.807) is 0 Å². The number of unbranched alkanes of at least 4 members (excludes halogenated alkanes) is 1. The van der Waals surface area contributed by atoms with Gasteiger partial charge in [-0.15, -0.1) is 0 Å². The zero-order valence-corrected chi connectivity index (χ0v) is 11.5. The van der Waals surface area contributed by atoms with Gasteiger partial charge in [-0.05, 0) is 32.5 Å². The third-order valence-electron chi connectivity index (χ3n) is 1.93. The summed E-state index contributed by atoms with van der Waals surface area (Å²) in [5, 5.41) is 0. The van der Waals surface area contributed by atoms with Crippen molar-refractivity contribution in [2.75, 3.05) is 0 Å². The van der Waals surface area contributed by atoms with E-state index in [-0.39, 0.29) is 0 Å². The monoisotopic (exact) mass is 214 g/mol. The van der Waals surface area contributed by atoms with Gasteiger partial charge in [-0.3, -0.25) is 0 Å². The Bertz CT molecular complexity index is 158. The van der Waals surface area contributed by atoms with E-state index >= 15 is 0 Å². The Hall–Kier alpha value is -0.0831. The molecular formula is C12H26OSi. The third kappa shape index (κ3) is 8.51. The van der Waals surface area contributed by atoms with Crippen LogP contribution < -0.4 is 0 Å². The van der Waals surface area contributed by atoms with E-state index in [1.165, 1.54) is 19.3 Å². The molecule has 0 aliphatic carbocycles. The van der Waals surface area contributed by atoms with E-state index in [4.69, 9.17) is 4.43 Å². The molecule has 0 radical (unpaired) electrons. The van der Waals surface area contributed by atoms with Crippen molar-refractivity contribution in [1.29, 1.82) is 0 Å². The molecule has 1 nitrogen and oxygen atoms in total. The standard InChI is InChI=1S/C12H26OSi/c1-6-8-10-12(11-9-7-2)13-14(3,4)5/h8,10,12H,6-7,9,11H2,1-5H3. The fraction of sp³-hybridized carbons (Fsp3) is 0.833. The number of hydrogen-bond acceptors (Lipinski definition) is 1. The van der Waals surface area contributed by atoms with Gasteiger partial charge < -0.3 is 4.43 Å². The SMILES string of the molecule is CCC=CC(CCCC)O[Si](C)(C)C. The second-order valence-corrected chi connectivity index (χ2v) is 9.21. The van der Waals surface area contributed by atoms with E-state index in [9.17, 15) is 0 Å². The second kappa shape index (κ2) is 7.24. The van der Waals surface area contributed by atoms with Crippen LogP contribution in [-0.4, -0.2) is 14.4 Å². The summed E-state index contributed by atoms with van der Waals surface area (Å²) in [4.78, 5) is 0. The molecule has 1 atom stereocenters. The Balaban J connectivity index is 4.03. The Morgan fingerprint density at radius 2 is 1.86 bits per heavy atom. The fourth-order valence-electron chi connectivity index (χ4n) is 1.34. The van der Waals surface area contributed by atoms with Crippen LogP contribution in [0.4, 0.5) is 0 Å². The van der Waals surface area contributed by atoms with Crippen molar-refractivity contribution in [2.45, 2.75) is 65.3 Å². The van der Waals surface area contributed by atoms with E-state index < -0.39 is 8.32 Å². The minimum absolute atomic E-state index is 0.363. The lowest BCUT2D eigenvalue weighted by Crippen LogP contribution is -2.31. The first-order chi connectivity index (χ1) is 6.49. The summed E-state index contributed by atoms with van der Waals surface area (Å²) in [6.45, 7) is 11.2. The summed E-state index contributed by atoms with van der Waals surface area (Å²) in [5.41, 5.74) is 0. The Morgan fingerprint density at radius 3 is 2.29 bits per heavy atom. The molecule has 0 saturated carbocycles. The van der Waals surface area contributed by atoms with E-state index in [0.29, 0.717) is 6.10 Å². The molecule has 0 spiro atoms. The van der Waals surface area contributed by atoms with Gasteiger partial charge in [0.2, 0.25) is 0 Å². The Kier molecular flexibility index (Phi) is 7.20. The van der Waals surface area contributed by atoms with Gasteiger partial charge in [0.25, 0.3) is 0 Å². The molecule has 0 bridgehead atoms. The van der Waals surface area contributed by atoms with Crippen LogP contribution in [-0.2, 0) is 4.43 Å². The predicted molar refractivity (Wildman–Crippen MR) is 67.2 cm³/mol. The van der Waals surface area contributed by atoms with Gasteiger partial charge in [0.05, 0.1) is 6.10 Å². The number of allylic oxidation sites excluding steroid dienone is 1. The smallest absolute Gasteiger partial charge is 0.184 e.